The maximum absolute atomic E-state index is 14.6. The summed E-state index contributed by atoms with van der Waals surface area (Å²) in [6.07, 6.45) is 0. The van der Waals surface area contributed by atoms with Crippen LogP contribution in [0.15, 0.2) is 85.0 Å². The molecule has 36 heavy (non-hydrogen) atoms. The molecule has 0 unspecified atom stereocenters. The van der Waals surface area contributed by atoms with Crippen LogP contribution in [0.4, 0.5) is 8.78 Å². The Balaban J connectivity index is 1.80. The monoisotopic (exact) mass is 482 g/mol. The number of hydrogen-bond acceptors (Lipinski definition) is 4. The zero-order valence-electron chi connectivity index (χ0n) is 19.6. The van der Waals surface area contributed by atoms with Crippen molar-refractivity contribution in [3.63, 3.8) is 0 Å². The molecule has 0 aromatic heterocycles. The Morgan fingerprint density at radius 3 is 1.75 bits per heavy atom. The SMILES string of the molecule is C=C(C)C(=O)Oc1ccc(C#Cc2ccc(C#Cc3ccccc3OC(=O)C(=C)C)c(F)c2F)cc1. The van der Waals surface area contributed by atoms with Gasteiger partial charge in [0, 0.05) is 16.7 Å². The maximum Gasteiger partial charge on any atom is 0.338 e. The van der Waals surface area contributed by atoms with E-state index in [0.717, 1.165) is 0 Å². The number of esters is 2. The van der Waals surface area contributed by atoms with Crippen LogP contribution in [0.1, 0.15) is 36.1 Å². The highest BCUT2D eigenvalue weighted by atomic mass is 19.2. The van der Waals surface area contributed by atoms with Crippen molar-refractivity contribution in [1.29, 1.82) is 0 Å². The Hall–Kier alpha value is -4.94. The van der Waals surface area contributed by atoms with Crippen LogP contribution in [0.2, 0.25) is 0 Å². The summed E-state index contributed by atoms with van der Waals surface area (Å²) in [4.78, 5) is 23.4. The number of ether oxygens (including phenoxy) is 2. The van der Waals surface area contributed by atoms with Crippen LogP contribution in [0.25, 0.3) is 0 Å². The molecule has 0 aliphatic rings. The molecule has 0 spiro atoms. The number of carbonyl (C=O) groups is 2. The second-order valence-corrected chi connectivity index (χ2v) is 7.65. The average molecular weight is 482 g/mol. The van der Waals surface area contributed by atoms with Crippen LogP contribution in [0.5, 0.6) is 11.5 Å². The molecule has 0 fully saturated rings. The van der Waals surface area contributed by atoms with Gasteiger partial charge in [-0.25, -0.2) is 18.4 Å². The molecule has 0 radical (unpaired) electrons. The third-order valence-electron chi connectivity index (χ3n) is 4.61. The first-order chi connectivity index (χ1) is 17.2. The van der Waals surface area contributed by atoms with Crippen molar-refractivity contribution in [2.75, 3.05) is 0 Å². The first kappa shape index (κ1) is 25.7. The summed E-state index contributed by atoms with van der Waals surface area (Å²) in [5, 5.41) is 0. The van der Waals surface area contributed by atoms with Crippen LogP contribution in [-0.2, 0) is 9.59 Å². The lowest BCUT2D eigenvalue weighted by Crippen LogP contribution is -2.09. The Morgan fingerprint density at radius 2 is 1.17 bits per heavy atom. The van der Waals surface area contributed by atoms with Gasteiger partial charge in [-0.05, 0) is 62.4 Å². The number of carbonyl (C=O) groups excluding carboxylic acids is 2. The van der Waals surface area contributed by atoms with Gasteiger partial charge in [-0.15, -0.1) is 0 Å². The molecule has 0 heterocycles. The number of rotatable bonds is 4. The fraction of sp³-hybridized carbons (Fsp3) is 0.0667. The van der Waals surface area contributed by atoms with Gasteiger partial charge in [-0.3, -0.25) is 0 Å². The highest BCUT2D eigenvalue weighted by molar-refractivity contribution is 5.89. The van der Waals surface area contributed by atoms with Crippen molar-refractivity contribution in [2.45, 2.75) is 13.8 Å². The zero-order valence-corrected chi connectivity index (χ0v) is 19.6. The lowest BCUT2D eigenvalue weighted by atomic mass is 10.1. The molecule has 0 amide bonds. The van der Waals surface area contributed by atoms with Gasteiger partial charge in [0.1, 0.15) is 11.5 Å². The average Bonchev–Trinajstić information content (AvgIpc) is 2.85. The van der Waals surface area contributed by atoms with Gasteiger partial charge in [0.2, 0.25) is 0 Å². The second kappa shape index (κ2) is 11.5. The van der Waals surface area contributed by atoms with Crippen LogP contribution in [0.3, 0.4) is 0 Å². The molecule has 0 saturated carbocycles. The molecule has 0 aliphatic heterocycles. The molecule has 0 bridgehead atoms. The van der Waals surface area contributed by atoms with Crippen molar-refractivity contribution in [3.8, 4) is 35.2 Å². The van der Waals surface area contributed by atoms with E-state index in [-0.39, 0.29) is 28.0 Å². The van der Waals surface area contributed by atoms with E-state index in [1.807, 2.05) is 0 Å². The normalized spacial score (nSPS) is 9.67. The maximum atomic E-state index is 14.6. The molecule has 0 aliphatic carbocycles. The van der Waals surface area contributed by atoms with Crippen molar-refractivity contribution in [3.05, 3.63) is 119 Å². The van der Waals surface area contributed by atoms with E-state index >= 15 is 0 Å². The highest BCUT2D eigenvalue weighted by Gasteiger charge is 2.12. The fourth-order valence-electron chi connectivity index (χ4n) is 2.66. The Morgan fingerprint density at radius 1 is 0.667 bits per heavy atom. The molecule has 3 aromatic rings. The largest absolute Gasteiger partial charge is 0.423 e. The molecule has 178 valence electrons. The molecule has 6 heteroatoms. The molecule has 3 aromatic carbocycles. The predicted octanol–water partition coefficient (Wildman–Crippen LogP) is 5.73. The van der Waals surface area contributed by atoms with Gasteiger partial charge in [-0.2, -0.15) is 0 Å². The summed E-state index contributed by atoms with van der Waals surface area (Å²) in [6, 6.07) is 15.3. The van der Waals surface area contributed by atoms with Crippen molar-refractivity contribution >= 4 is 11.9 Å². The van der Waals surface area contributed by atoms with Gasteiger partial charge in [0.05, 0.1) is 16.7 Å². The van der Waals surface area contributed by atoms with Crippen LogP contribution < -0.4 is 9.47 Å². The first-order valence-electron chi connectivity index (χ1n) is 10.6. The topological polar surface area (TPSA) is 52.6 Å². The quantitative estimate of drug-likeness (QED) is 0.206. The van der Waals surface area contributed by atoms with Gasteiger partial charge >= 0.3 is 11.9 Å². The fourth-order valence-corrected chi connectivity index (χ4v) is 2.66. The number of benzene rings is 3. The molecule has 0 atom stereocenters. The van der Waals surface area contributed by atoms with E-state index in [1.54, 1.807) is 30.3 Å². The van der Waals surface area contributed by atoms with E-state index in [1.165, 1.54) is 44.2 Å². The van der Waals surface area contributed by atoms with Gasteiger partial charge in [0.25, 0.3) is 0 Å². The molecule has 0 N–H and O–H groups in total. The first-order valence-corrected chi connectivity index (χ1v) is 10.6. The van der Waals surface area contributed by atoms with E-state index < -0.39 is 23.6 Å². The van der Waals surface area contributed by atoms with E-state index in [4.69, 9.17) is 9.47 Å². The van der Waals surface area contributed by atoms with Crippen LogP contribution in [-0.4, -0.2) is 11.9 Å². The predicted molar refractivity (Wildman–Crippen MR) is 132 cm³/mol. The van der Waals surface area contributed by atoms with E-state index in [2.05, 4.69) is 36.8 Å². The standard InChI is InChI=1S/C30H20F2O4/c1-19(2)29(33)35-25-17-10-21(11-18-25)9-12-23-15-16-24(28(32)27(23)31)14-13-22-7-5-6-8-26(22)36-30(34)20(3)4/h5-8,10-11,15-18H,1,3H2,2,4H3. The lowest BCUT2D eigenvalue weighted by molar-refractivity contribution is -0.130. The molecular formula is C30H20F2O4. The van der Waals surface area contributed by atoms with Crippen LogP contribution in [0, 0.1) is 35.3 Å². The zero-order chi connectivity index (χ0) is 26.2. The van der Waals surface area contributed by atoms with Gasteiger partial charge in [0.15, 0.2) is 11.6 Å². The summed E-state index contributed by atoms with van der Waals surface area (Å²) in [7, 11) is 0. The van der Waals surface area contributed by atoms with E-state index in [9.17, 15) is 18.4 Å². The smallest absolute Gasteiger partial charge is 0.338 e. The Bertz CT molecular complexity index is 1490. The number of hydrogen-bond donors (Lipinski definition) is 0. The number of para-hydroxylation sites is 1. The summed E-state index contributed by atoms with van der Waals surface area (Å²) < 4.78 is 39.6. The summed E-state index contributed by atoms with van der Waals surface area (Å²) in [5.74, 6) is 7.64. The van der Waals surface area contributed by atoms with Gasteiger partial charge in [-0.1, -0.05) is 49.0 Å². The van der Waals surface area contributed by atoms with Gasteiger partial charge < -0.3 is 9.47 Å². The lowest BCUT2D eigenvalue weighted by Gasteiger charge is -2.05. The van der Waals surface area contributed by atoms with Crippen LogP contribution >= 0.6 is 0 Å². The summed E-state index contributed by atoms with van der Waals surface area (Å²) >= 11 is 0. The van der Waals surface area contributed by atoms with E-state index in [0.29, 0.717) is 16.9 Å². The van der Waals surface area contributed by atoms with Crippen molar-refractivity contribution in [1.82, 2.24) is 0 Å². The molecule has 3 rings (SSSR count). The highest BCUT2D eigenvalue weighted by Crippen LogP contribution is 2.20. The summed E-state index contributed by atoms with van der Waals surface area (Å²) in [6.45, 7) is 10.1. The molecule has 4 nitrogen and oxygen atoms in total. The van der Waals surface area contributed by atoms with Crippen molar-refractivity contribution < 1.29 is 27.8 Å². The second-order valence-electron chi connectivity index (χ2n) is 7.65. The molecular weight excluding hydrogens is 462 g/mol. The molecule has 0 saturated heterocycles. The third-order valence-corrected chi connectivity index (χ3v) is 4.61. The van der Waals surface area contributed by atoms with Crippen molar-refractivity contribution in [2.24, 2.45) is 0 Å². The third kappa shape index (κ3) is 6.56. The minimum absolute atomic E-state index is 0.147. The Kier molecular flexibility index (Phi) is 8.18. The number of halogens is 2. The minimum atomic E-state index is -1.15. The Labute approximate surface area is 207 Å². The summed E-state index contributed by atoms with van der Waals surface area (Å²) in [5.41, 5.74) is 0.988. The minimum Gasteiger partial charge on any atom is -0.423 e.